The Morgan fingerprint density at radius 2 is 2.25 bits per heavy atom. The van der Waals surface area contributed by atoms with Gasteiger partial charge in [-0.1, -0.05) is 6.07 Å². The number of aryl methyl sites for hydroxylation is 1. The Kier molecular flexibility index (Phi) is 6.50. The highest BCUT2D eigenvalue weighted by molar-refractivity contribution is 7.09. The Morgan fingerprint density at radius 3 is 2.90 bits per heavy atom. The molecular formula is C15H24N2O2S. The molecule has 5 heteroatoms. The number of carbonyl (C=O) groups excluding carboxylic acids is 1. The number of hydrogen-bond donors (Lipinski definition) is 1. The molecule has 1 saturated heterocycles. The smallest absolute Gasteiger partial charge is 0.222 e. The number of piperidine rings is 1. The standard InChI is InChI=1S/C15H24N2O2S/c16-8-2-11-19-13-6-9-17(10-7-13)15(18)5-4-14-3-1-12-20-14/h1,3,12-13H,2,4-11,16H2. The van der Waals surface area contributed by atoms with Gasteiger partial charge in [0.15, 0.2) is 0 Å². The average Bonchev–Trinajstić information content (AvgIpc) is 2.99. The highest BCUT2D eigenvalue weighted by Gasteiger charge is 2.22. The van der Waals surface area contributed by atoms with Crippen molar-refractivity contribution in [3.63, 3.8) is 0 Å². The Bertz CT molecular complexity index is 387. The third kappa shape index (κ3) is 4.89. The van der Waals surface area contributed by atoms with E-state index in [1.807, 2.05) is 11.0 Å². The van der Waals surface area contributed by atoms with Crippen LogP contribution in [0.25, 0.3) is 0 Å². The molecule has 1 aromatic heterocycles. The summed E-state index contributed by atoms with van der Waals surface area (Å²) in [5.41, 5.74) is 5.45. The van der Waals surface area contributed by atoms with Gasteiger partial charge in [-0.15, -0.1) is 11.3 Å². The summed E-state index contributed by atoms with van der Waals surface area (Å²) in [6.07, 6.45) is 4.62. The molecule has 1 amide bonds. The lowest BCUT2D eigenvalue weighted by molar-refractivity contribution is -0.133. The van der Waals surface area contributed by atoms with E-state index in [1.54, 1.807) is 11.3 Å². The number of ether oxygens (including phenoxy) is 1. The van der Waals surface area contributed by atoms with Gasteiger partial charge in [-0.3, -0.25) is 4.79 Å². The predicted molar refractivity (Wildman–Crippen MR) is 81.9 cm³/mol. The number of likely N-dealkylation sites (tertiary alicyclic amines) is 1. The second-order valence-electron chi connectivity index (χ2n) is 5.17. The van der Waals surface area contributed by atoms with E-state index in [-0.39, 0.29) is 5.91 Å². The molecule has 1 aliphatic rings. The molecule has 1 aromatic rings. The highest BCUT2D eigenvalue weighted by Crippen LogP contribution is 2.16. The Balaban J connectivity index is 1.64. The van der Waals surface area contributed by atoms with Crippen LogP contribution in [0.4, 0.5) is 0 Å². The number of amides is 1. The first kappa shape index (κ1) is 15.5. The summed E-state index contributed by atoms with van der Waals surface area (Å²) in [5.74, 6) is 0.277. The molecule has 112 valence electrons. The van der Waals surface area contributed by atoms with E-state index in [1.165, 1.54) is 4.88 Å². The molecule has 20 heavy (non-hydrogen) atoms. The SMILES string of the molecule is NCCCOC1CCN(C(=O)CCc2cccs2)CC1. The largest absolute Gasteiger partial charge is 0.378 e. The van der Waals surface area contributed by atoms with Crippen LogP contribution in [0.1, 0.15) is 30.6 Å². The van der Waals surface area contributed by atoms with Gasteiger partial charge in [-0.05, 0) is 43.7 Å². The molecule has 0 saturated carbocycles. The topological polar surface area (TPSA) is 55.6 Å². The Morgan fingerprint density at radius 1 is 1.45 bits per heavy atom. The molecule has 0 bridgehead atoms. The van der Waals surface area contributed by atoms with Crippen molar-refractivity contribution in [1.29, 1.82) is 0 Å². The van der Waals surface area contributed by atoms with Crippen LogP contribution >= 0.6 is 11.3 Å². The van der Waals surface area contributed by atoms with E-state index < -0.39 is 0 Å². The van der Waals surface area contributed by atoms with Crippen LogP contribution in [0.15, 0.2) is 17.5 Å². The van der Waals surface area contributed by atoms with Gasteiger partial charge in [0.1, 0.15) is 0 Å². The van der Waals surface area contributed by atoms with Crippen molar-refractivity contribution in [1.82, 2.24) is 4.90 Å². The van der Waals surface area contributed by atoms with Crippen LogP contribution in [0.3, 0.4) is 0 Å². The summed E-state index contributed by atoms with van der Waals surface area (Å²) >= 11 is 1.72. The van der Waals surface area contributed by atoms with E-state index in [9.17, 15) is 4.79 Å². The van der Waals surface area contributed by atoms with Crippen molar-refractivity contribution >= 4 is 17.2 Å². The molecule has 0 unspecified atom stereocenters. The molecule has 0 aromatic carbocycles. The average molecular weight is 296 g/mol. The third-order valence-corrected chi connectivity index (χ3v) is 4.60. The quantitative estimate of drug-likeness (QED) is 0.783. The fourth-order valence-electron chi connectivity index (χ4n) is 2.45. The first-order valence-electron chi connectivity index (χ1n) is 7.41. The van der Waals surface area contributed by atoms with Gasteiger partial charge >= 0.3 is 0 Å². The molecule has 0 spiro atoms. The van der Waals surface area contributed by atoms with E-state index in [2.05, 4.69) is 11.4 Å². The summed E-state index contributed by atoms with van der Waals surface area (Å²) in [6.45, 7) is 3.08. The number of hydrogen-bond acceptors (Lipinski definition) is 4. The minimum atomic E-state index is 0.277. The molecule has 1 aliphatic heterocycles. The van der Waals surface area contributed by atoms with Crippen molar-refractivity contribution in [2.75, 3.05) is 26.2 Å². The van der Waals surface area contributed by atoms with Crippen LogP contribution < -0.4 is 5.73 Å². The minimum Gasteiger partial charge on any atom is -0.378 e. The summed E-state index contributed by atoms with van der Waals surface area (Å²) in [6, 6.07) is 4.13. The highest BCUT2D eigenvalue weighted by atomic mass is 32.1. The van der Waals surface area contributed by atoms with Crippen molar-refractivity contribution in [2.45, 2.75) is 38.2 Å². The minimum absolute atomic E-state index is 0.277. The molecular weight excluding hydrogens is 272 g/mol. The molecule has 0 radical (unpaired) electrons. The summed E-state index contributed by atoms with van der Waals surface area (Å²) < 4.78 is 5.75. The van der Waals surface area contributed by atoms with E-state index in [0.717, 1.165) is 45.4 Å². The number of carbonyl (C=O) groups is 1. The second kappa shape index (κ2) is 8.39. The lowest BCUT2D eigenvalue weighted by Crippen LogP contribution is -2.41. The Hall–Kier alpha value is -0.910. The summed E-state index contributed by atoms with van der Waals surface area (Å²) in [7, 11) is 0. The predicted octanol–water partition coefficient (Wildman–Crippen LogP) is 2.04. The molecule has 1 fully saturated rings. The van der Waals surface area contributed by atoms with Crippen LogP contribution in [0.2, 0.25) is 0 Å². The van der Waals surface area contributed by atoms with Crippen molar-refractivity contribution in [2.24, 2.45) is 5.73 Å². The van der Waals surface area contributed by atoms with Crippen LogP contribution in [-0.4, -0.2) is 43.2 Å². The summed E-state index contributed by atoms with van der Waals surface area (Å²) in [5, 5.41) is 2.06. The van der Waals surface area contributed by atoms with Gasteiger partial charge in [0, 0.05) is 31.0 Å². The van der Waals surface area contributed by atoms with Gasteiger partial charge in [0.05, 0.1) is 6.10 Å². The Labute approximate surface area is 124 Å². The van der Waals surface area contributed by atoms with Crippen molar-refractivity contribution in [3.8, 4) is 0 Å². The van der Waals surface area contributed by atoms with Gasteiger partial charge in [-0.25, -0.2) is 0 Å². The van der Waals surface area contributed by atoms with Crippen LogP contribution in [0.5, 0.6) is 0 Å². The molecule has 2 heterocycles. The first-order valence-corrected chi connectivity index (χ1v) is 8.29. The van der Waals surface area contributed by atoms with Gasteiger partial charge in [-0.2, -0.15) is 0 Å². The van der Waals surface area contributed by atoms with Gasteiger partial charge < -0.3 is 15.4 Å². The van der Waals surface area contributed by atoms with Crippen molar-refractivity contribution < 1.29 is 9.53 Å². The van der Waals surface area contributed by atoms with E-state index in [4.69, 9.17) is 10.5 Å². The maximum Gasteiger partial charge on any atom is 0.222 e. The van der Waals surface area contributed by atoms with Gasteiger partial charge in [0.2, 0.25) is 5.91 Å². The fourth-order valence-corrected chi connectivity index (χ4v) is 3.16. The fraction of sp³-hybridized carbons (Fsp3) is 0.667. The monoisotopic (exact) mass is 296 g/mol. The molecule has 2 rings (SSSR count). The zero-order chi connectivity index (χ0) is 14.2. The normalized spacial score (nSPS) is 16.6. The third-order valence-electron chi connectivity index (χ3n) is 3.66. The maximum atomic E-state index is 12.1. The molecule has 4 nitrogen and oxygen atoms in total. The zero-order valence-corrected chi connectivity index (χ0v) is 12.7. The summed E-state index contributed by atoms with van der Waals surface area (Å²) in [4.78, 5) is 15.4. The van der Waals surface area contributed by atoms with E-state index >= 15 is 0 Å². The number of nitrogens with zero attached hydrogens (tertiary/aromatic N) is 1. The first-order chi connectivity index (χ1) is 9.79. The lowest BCUT2D eigenvalue weighted by Gasteiger charge is -2.32. The van der Waals surface area contributed by atoms with Crippen LogP contribution in [0, 0.1) is 0 Å². The van der Waals surface area contributed by atoms with Crippen LogP contribution in [-0.2, 0) is 16.0 Å². The van der Waals surface area contributed by atoms with Gasteiger partial charge in [0.25, 0.3) is 0 Å². The lowest BCUT2D eigenvalue weighted by atomic mass is 10.1. The molecule has 0 aliphatic carbocycles. The van der Waals surface area contributed by atoms with E-state index in [0.29, 0.717) is 19.1 Å². The second-order valence-corrected chi connectivity index (χ2v) is 6.20. The zero-order valence-electron chi connectivity index (χ0n) is 11.9. The number of rotatable bonds is 7. The maximum absolute atomic E-state index is 12.1. The number of thiophene rings is 1. The number of nitrogens with two attached hydrogens (primary N) is 1. The molecule has 2 N–H and O–H groups in total. The van der Waals surface area contributed by atoms with Crippen molar-refractivity contribution in [3.05, 3.63) is 22.4 Å². The molecule has 0 atom stereocenters.